The fraction of sp³-hybridized carbons (Fsp3) is 0.955. The lowest BCUT2D eigenvalue weighted by atomic mass is 9.45. The number of fused-ring (bicyclic) bond motifs is 5. The number of hydrogen-bond donors (Lipinski definition) is 0. The summed E-state index contributed by atoms with van der Waals surface area (Å²) < 4.78 is 0. The molecule has 0 bridgehead atoms. The second kappa shape index (κ2) is 6.02. The summed E-state index contributed by atoms with van der Waals surface area (Å²) in [5, 5.41) is 4.34. The van der Waals surface area contributed by atoms with Gasteiger partial charge in [0.25, 0.3) is 0 Å². The van der Waals surface area contributed by atoms with Crippen LogP contribution in [-0.4, -0.2) is 12.8 Å². The van der Waals surface area contributed by atoms with E-state index in [0.29, 0.717) is 16.7 Å². The third-order valence-electron chi connectivity index (χ3n) is 9.32. The van der Waals surface area contributed by atoms with Crippen LogP contribution in [0.5, 0.6) is 0 Å². The lowest BCUT2D eigenvalue weighted by Gasteiger charge is -2.60. The van der Waals surface area contributed by atoms with E-state index in [1.165, 1.54) is 69.9 Å². The van der Waals surface area contributed by atoms with Crippen molar-refractivity contribution in [3.05, 3.63) is 0 Å². The van der Waals surface area contributed by atoms with Gasteiger partial charge in [0, 0.05) is 5.92 Å². The van der Waals surface area contributed by atoms with Crippen molar-refractivity contribution in [1.29, 1.82) is 0 Å². The SMILES string of the molecule is CON=C(C)[C@H]1CCC2C3CC[C@@H]4CCCC[C@]4(C)C3CC[C@@]21C. The van der Waals surface area contributed by atoms with Gasteiger partial charge in [0.05, 0.1) is 5.71 Å². The van der Waals surface area contributed by atoms with Crippen LogP contribution in [0.4, 0.5) is 0 Å². The van der Waals surface area contributed by atoms with Gasteiger partial charge in [0.15, 0.2) is 0 Å². The molecule has 3 unspecified atom stereocenters. The summed E-state index contributed by atoms with van der Waals surface area (Å²) in [6, 6.07) is 0. The van der Waals surface area contributed by atoms with E-state index < -0.39 is 0 Å². The summed E-state index contributed by atoms with van der Waals surface area (Å²) in [5.74, 6) is 4.62. The summed E-state index contributed by atoms with van der Waals surface area (Å²) in [5.41, 5.74) is 2.39. The quantitative estimate of drug-likeness (QED) is 0.445. The van der Waals surface area contributed by atoms with Gasteiger partial charge in [-0.1, -0.05) is 31.8 Å². The van der Waals surface area contributed by atoms with E-state index in [1.54, 1.807) is 7.11 Å². The predicted molar refractivity (Wildman–Crippen MR) is 100.0 cm³/mol. The van der Waals surface area contributed by atoms with E-state index in [0.717, 1.165) is 23.7 Å². The average molecular weight is 332 g/mol. The van der Waals surface area contributed by atoms with Gasteiger partial charge in [-0.2, -0.15) is 0 Å². The molecular formula is C22H37NO. The largest absolute Gasteiger partial charge is 0.399 e. The highest BCUT2D eigenvalue weighted by Gasteiger charge is 2.60. The Morgan fingerprint density at radius 1 is 0.875 bits per heavy atom. The highest BCUT2D eigenvalue weighted by atomic mass is 16.6. The highest BCUT2D eigenvalue weighted by Crippen LogP contribution is 2.67. The van der Waals surface area contributed by atoms with Crippen LogP contribution in [0.15, 0.2) is 5.16 Å². The summed E-state index contributed by atoms with van der Waals surface area (Å²) in [7, 11) is 1.69. The third kappa shape index (κ3) is 2.31. The lowest BCUT2D eigenvalue weighted by molar-refractivity contribution is -0.106. The van der Waals surface area contributed by atoms with Gasteiger partial charge in [0.1, 0.15) is 7.11 Å². The average Bonchev–Trinajstić information content (AvgIpc) is 2.92. The minimum atomic E-state index is 0.477. The number of nitrogens with zero attached hydrogens (tertiary/aromatic N) is 1. The van der Waals surface area contributed by atoms with Gasteiger partial charge in [-0.15, -0.1) is 0 Å². The predicted octanol–water partition coefficient (Wildman–Crippen LogP) is 6.06. The Hall–Kier alpha value is -0.530. The Balaban J connectivity index is 1.60. The van der Waals surface area contributed by atoms with E-state index in [-0.39, 0.29) is 0 Å². The maximum Gasteiger partial charge on any atom is 0.106 e. The number of oxime groups is 1. The molecule has 0 aromatic carbocycles. The first-order valence-corrected chi connectivity index (χ1v) is 10.6. The minimum Gasteiger partial charge on any atom is -0.399 e. The van der Waals surface area contributed by atoms with Crippen LogP contribution < -0.4 is 0 Å². The first-order valence-electron chi connectivity index (χ1n) is 10.6. The molecule has 136 valence electrons. The van der Waals surface area contributed by atoms with Crippen molar-refractivity contribution in [2.75, 3.05) is 7.11 Å². The molecule has 0 amide bonds. The second-order valence-corrected chi connectivity index (χ2v) is 9.99. The van der Waals surface area contributed by atoms with Crippen LogP contribution >= 0.6 is 0 Å². The molecule has 0 aromatic rings. The Morgan fingerprint density at radius 2 is 1.67 bits per heavy atom. The fourth-order valence-corrected chi connectivity index (χ4v) is 8.19. The van der Waals surface area contributed by atoms with Crippen LogP contribution in [0.1, 0.15) is 85.0 Å². The van der Waals surface area contributed by atoms with Crippen molar-refractivity contribution < 1.29 is 4.84 Å². The standard InChI is InChI=1S/C22H37NO/c1-15(23-24-4)18-10-11-19-17-9-8-16-7-5-6-13-21(16,2)20(17)12-14-22(18,19)3/h16-20H,5-14H2,1-4H3/t16-,17?,18+,19?,20?,21-,22+/m0/s1. The minimum absolute atomic E-state index is 0.477. The van der Waals surface area contributed by atoms with E-state index in [4.69, 9.17) is 4.84 Å². The van der Waals surface area contributed by atoms with Crippen LogP contribution in [0.3, 0.4) is 0 Å². The normalized spacial score (nSPS) is 51.5. The molecule has 4 fully saturated rings. The van der Waals surface area contributed by atoms with E-state index in [1.807, 2.05) is 0 Å². The van der Waals surface area contributed by atoms with Crippen LogP contribution in [0.25, 0.3) is 0 Å². The molecule has 4 saturated carbocycles. The maximum absolute atomic E-state index is 5.12. The topological polar surface area (TPSA) is 21.6 Å². The van der Waals surface area contributed by atoms with Crippen molar-refractivity contribution >= 4 is 5.71 Å². The van der Waals surface area contributed by atoms with Crippen LogP contribution in [0.2, 0.25) is 0 Å². The zero-order chi connectivity index (χ0) is 16.9. The second-order valence-electron chi connectivity index (χ2n) is 9.99. The molecular weight excluding hydrogens is 294 g/mol. The van der Waals surface area contributed by atoms with Gasteiger partial charge in [0.2, 0.25) is 0 Å². The van der Waals surface area contributed by atoms with Crippen molar-refractivity contribution in [2.45, 2.75) is 85.0 Å². The molecule has 2 nitrogen and oxygen atoms in total. The van der Waals surface area contributed by atoms with Gasteiger partial charge >= 0.3 is 0 Å². The lowest BCUT2D eigenvalue weighted by Crippen LogP contribution is -2.53. The van der Waals surface area contributed by atoms with E-state index in [2.05, 4.69) is 25.9 Å². The van der Waals surface area contributed by atoms with Gasteiger partial charge < -0.3 is 4.84 Å². The van der Waals surface area contributed by atoms with Crippen molar-refractivity contribution in [1.82, 2.24) is 0 Å². The molecule has 0 aliphatic heterocycles. The fourth-order valence-electron chi connectivity index (χ4n) is 8.19. The summed E-state index contributed by atoms with van der Waals surface area (Å²) in [6.07, 6.45) is 14.7. The smallest absolute Gasteiger partial charge is 0.106 e. The molecule has 24 heavy (non-hydrogen) atoms. The monoisotopic (exact) mass is 331 g/mol. The molecule has 4 rings (SSSR count). The Labute approximate surface area is 148 Å². The van der Waals surface area contributed by atoms with E-state index >= 15 is 0 Å². The number of rotatable bonds is 2. The molecule has 2 heteroatoms. The Kier molecular flexibility index (Phi) is 4.24. The van der Waals surface area contributed by atoms with Gasteiger partial charge in [-0.3, -0.25) is 0 Å². The molecule has 0 heterocycles. The third-order valence-corrected chi connectivity index (χ3v) is 9.32. The Bertz CT molecular complexity index is 514. The number of hydrogen-bond acceptors (Lipinski definition) is 2. The maximum atomic E-state index is 5.12. The van der Waals surface area contributed by atoms with E-state index in [9.17, 15) is 0 Å². The Morgan fingerprint density at radius 3 is 2.46 bits per heavy atom. The molecule has 0 saturated heterocycles. The first-order chi connectivity index (χ1) is 11.5. The van der Waals surface area contributed by atoms with Crippen LogP contribution in [0, 0.1) is 40.4 Å². The van der Waals surface area contributed by atoms with Crippen molar-refractivity contribution in [3.8, 4) is 0 Å². The van der Waals surface area contributed by atoms with Crippen molar-refractivity contribution in [2.24, 2.45) is 45.6 Å². The molecule has 7 atom stereocenters. The zero-order valence-corrected chi connectivity index (χ0v) is 16.3. The zero-order valence-electron chi connectivity index (χ0n) is 16.3. The van der Waals surface area contributed by atoms with Crippen LogP contribution in [-0.2, 0) is 4.84 Å². The molecule has 0 N–H and O–H groups in total. The molecule has 0 aromatic heterocycles. The summed E-state index contributed by atoms with van der Waals surface area (Å²) in [4.78, 5) is 5.12. The first kappa shape index (κ1) is 16.9. The van der Waals surface area contributed by atoms with Crippen molar-refractivity contribution in [3.63, 3.8) is 0 Å². The van der Waals surface area contributed by atoms with Gasteiger partial charge in [-0.25, -0.2) is 0 Å². The van der Waals surface area contributed by atoms with Gasteiger partial charge in [-0.05, 0) is 92.8 Å². The molecule has 4 aliphatic carbocycles. The summed E-state index contributed by atoms with van der Waals surface area (Å²) >= 11 is 0. The molecule has 4 aliphatic rings. The summed E-state index contributed by atoms with van der Waals surface area (Å²) in [6.45, 7) is 7.48. The molecule has 0 spiro atoms. The molecule has 0 radical (unpaired) electrons. The highest BCUT2D eigenvalue weighted by molar-refractivity contribution is 5.85.